The number of nitrogens with zero attached hydrogens (tertiary/aromatic N) is 4. The predicted molar refractivity (Wildman–Crippen MR) is 120 cm³/mol. The van der Waals surface area contributed by atoms with Crippen LogP contribution in [0.5, 0.6) is 5.75 Å². The van der Waals surface area contributed by atoms with Crippen LogP contribution in [0.2, 0.25) is 0 Å². The van der Waals surface area contributed by atoms with Gasteiger partial charge in [0.2, 0.25) is 5.89 Å². The van der Waals surface area contributed by atoms with Gasteiger partial charge >= 0.3 is 0 Å². The van der Waals surface area contributed by atoms with Crippen molar-refractivity contribution >= 4 is 0 Å². The van der Waals surface area contributed by atoms with Crippen LogP contribution < -0.4 is 0 Å². The fourth-order valence-corrected chi connectivity index (χ4v) is 3.70. The van der Waals surface area contributed by atoms with Crippen LogP contribution in [0.25, 0.3) is 22.7 Å². The van der Waals surface area contributed by atoms with Crippen molar-refractivity contribution in [1.82, 2.24) is 20.3 Å². The van der Waals surface area contributed by atoms with Gasteiger partial charge in [0.15, 0.2) is 0 Å². The molecule has 0 radical (unpaired) electrons. The van der Waals surface area contributed by atoms with Gasteiger partial charge in [0.05, 0.1) is 19.4 Å². The fourth-order valence-electron chi connectivity index (χ4n) is 3.70. The maximum Gasteiger partial charge on any atom is 0.253 e. The number of aryl methyl sites for hydroxylation is 1. The van der Waals surface area contributed by atoms with E-state index in [4.69, 9.17) is 13.4 Å². The van der Waals surface area contributed by atoms with Crippen molar-refractivity contribution < 1.29 is 18.5 Å². The molecular weight excluding hydrogens is 420 g/mol. The number of furan rings is 1. The minimum Gasteiger partial charge on any atom is -0.508 e. The van der Waals surface area contributed by atoms with Crippen molar-refractivity contribution in [1.29, 1.82) is 0 Å². The number of benzene rings is 2. The first-order valence-electron chi connectivity index (χ1n) is 10.5. The number of phenolic OH excluding ortho intramolecular Hbond substituents is 1. The Morgan fingerprint density at radius 2 is 1.70 bits per heavy atom. The molecule has 33 heavy (non-hydrogen) atoms. The smallest absolute Gasteiger partial charge is 0.253 e. The number of aromatic hydroxyl groups is 1. The van der Waals surface area contributed by atoms with Gasteiger partial charge in [0.1, 0.15) is 28.5 Å². The van der Waals surface area contributed by atoms with E-state index in [9.17, 15) is 5.11 Å². The highest BCUT2D eigenvalue weighted by Gasteiger charge is 2.23. The maximum atomic E-state index is 10.2. The maximum absolute atomic E-state index is 10.2. The molecule has 3 aromatic heterocycles. The number of phenols is 1. The molecule has 0 aliphatic rings. The van der Waals surface area contributed by atoms with Crippen LogP contribution in [0.4, 0.5) is 0 Å². The van der Waals surface area contributed by atoms with Gasteiger partial charge in [0.25, 0.3) is 5.89 Å². The van der Waals surface area contributed by atoms with E-state index < -0.39 is 0 Å². The van der Waals surface area contributed by atoms with Crippen molar-refractivity contribution in [3.63, 3.8) is 0 Å². The molecule has 0 amide bonds. The molecule has 5 aromatic rings. The van der Waals surface area contributed by atoms with Crippen molar-refractivity contribution in [3.8, 4) is 28.5 Å². The molecule has 0 saturated carbocycles. The zero-order valence-electron chi connectivity index (χ0n) is 18.0. The number of para-hydroxylation sites is 1. The van der Waals surface area contributed by atoms with Gasteiger partial charge in [-0.05, 0) is 25.1 Å². The zero-order chi connectivity index (χ0) is 22.6. The summed E-state index contributed by atoms with van der Waals surface area (Å²) >= 11 is 0. The Bertz CT molecular complexity index is 1330. The average Bonchev–Trinajstić information content (AvgIpc) is 3.58. The second-order valence-corrected chi connectivity index (χ2v) is 7.68. The van der Waals surface area contributed by atoms with Crippen LogP contribution >= 0.6 is 0 Å². The fraction of sp³-hybridized carbons (Fsp3) is 0.160. The lowest BCUT2D eigenvalue weighted by Crippen LogP contribution is -2.22. The minimum absolute atomic E-state index is 0.237. The molecule has 0 atom stereocenters. The second kappa shape index (κ2) is 9.13. The molecule has 0 saturated heterocycles. The molecule has 0 unspecified atom stereocenters. The Balaban J connectivity index is 1.41. The van der Waals surface area contributed by atoms with Gasteiger partial charge in [-0.15, -0.1) is 10.2 Å². The van der Waals surface area contributed by atoms with Crippen molar-refractivity contribution in [3.05, 3.63) is 96.0 Å². The van der Waals surface area contributed by atoms with Crippen LogP contribution in [-0.2, 0) is 19.6 Å². The molecular formula is C25H22N4O4. The zero-order valence-corrected chi connectivity index (χ0v) is 18.0. The van der Waals surface area contributed by atoms with Crippen molar-refractivity contribution in [2.75, 3.05) is 0 Å². The molecule has 166 valence electrons. The van der Waals surface area contributed by atoms with Crippen molar-refractivity contribution in [2.45, 2.75) is 26.6 Å². The van der Waals surface area contributed by atoms with Crippen LogP contribution in [0.1, 0.15) is 23.0 Å². The average molecular weight is 442 g/mol. The summed E-state index contributed by atoms with van der Waals surface area (Å²) in [5, 5.41) is 23.0. The molecule has 2 aromatic carbocycles. The van der Waals surface area contributed by atoms with E-state index in [-0.39, 0.29) is 5.75 Å². The van der Waals surface area contributed by atoms with Gasteiger partial charge in [-0.25, -0.2) is 0 Å². The first-order valence-corrected chi connectivity index (χ1v) is 10.5. The molecule has 3 heterocycles. The summed E-state index contributed by atoms with van der Waals surface area (Å²) in [5.41, 5.74) is 3.04. The highest BCUT2D eigenvalue weighted by Crippen LogP contribution is 2.33. The number of aromatic nitrogens is 3. The van der Waals surface area contributed by atoms with Gasteiger partial charge < -0.3 is 18.5 Å². The summed E-state index contributed by atoms with van der Waals surface area (Å²) < 4.78 is 17.0. The summed E-state index contributed by atoms with van der Waals surface area (Å²) in [5.74, 6) is 2.42. The molecule has 0 aliphatic carbocycles. The Hall–Kier alpha value is -4.17. The van der Waals surface area contributed by atoms with Gasteiger partial charge in [0, 0.05) is 17.7 Å². The highest BCUT2D eigenvalue weighted by atomic mass is 16.5. The molecule has 8 heteroatoms. The lowest BCUT2D eigenvalue weighted by molar-refractivity contribution is 0.204. The van der Waals surface area contributed by atoms with Crippen LogP contribution in [0, 0.1) is 6.92 Å². The summed E-state index contributed by atoms with van der Waals surface area (Å²) in [4.78, 5) is 2.06. The monoisotopic (exact) mass is 442 g/mol. The largest absolute Gasteiger partial charge is 0.508 e. The van der Waals surface area contributed by atoms with Gasteiger partial charge in [-0.3, -0.25) is 4.90 Å². The van der Waals surface area contributed by atoms with Gasteiger partial charge in [-0.1, -0.05) is 53.7 Å². The molecule has 0 fully saturated rings. The molecule has 1 N–H and O–H groups in total. The van der Waals surface area contributed by atoms with E-state index >= 15 is 0 Å². The Labute approximate surface area is 190 Å². The van der Waals surface area contributed by atoms with Gasteiger partial charge in [-0.2, -0.15) is 0 Å². The predicted octanol–water partition coefficient (Wildman–Crippen LogP) is 5.20. The van der Waals surface area contributed by atoms with E-state index in [0.717, 1.165) is 16.9 Å². The van der Waals surface area contributed by atoms with E-state index in [0.29, 0.717) is 48.4 Å². The summed E-state index contributed by atoms with van der Waals surface area (Å²) in [6.07, 6.45) is 1.64. The standard InChI is InChI=1S/C25H22N4O4/c1-17-23(24(28-33-17)18-8-3-2-4-9-18)25-27-26-22(32-25)16-29(15-20-11-7-13-31-20)14-19-10-5-6-12-21(19)30/h2-13,30H,14-16H2,1H3. The van der Waals surface area contributed by atoms with E-state index in [2.05, 4.69) is 20.3 Å². The Morgan fingerprint density at radius 1 is 0.879 bits per heavy atom. The minimum atomic E-state index is 0.237. The quantitative estimate of drug-likeness (QED) is 0.350. The lowest BCUT2D eigenvalue weighted by atomic mass is 10.1. The Morgan fingerprint density at radius 3 is 2.48 bits per heavy atom. The number of hydrogen-bond donors (Lipinski definition) is 1. The van der Waals surface area contributed by atoms with Crippen LogP contribution in [-0.4, -0.2) is 25.4 Å². The van der Waals surface area contributed by atoms with E-state index in [1.165, 1.54) is 0 Å². The number of hydrogen-bond acceptors (Lipinski definition) is 8. The second-order valence-electron chi connectivity index (χ2n) is 7.68. The first-order chi connectivity index (χ1) is 16.2. The molecule has 0 spiro atoms. The molecule has 5 rings (SSSR count). The normalized spacial score (nSPS) is 11.3. The summed E-state index contributed by atoms with van der Waals surface area (Å²) in [7, 11) is 0. The van der Waals surface area contributed by atoms with E-state index in [1.54, 1.807) is 18.4 Å². The highest BCUT2D eigenvalue weighted by molar-refractivity contribution is 5.77. The Kier molecular flexibility index (Phi) is 5.73. The SMILES string of the molecule is Cc1onc(-c2ccccc2)c1-c1nnc(CN(Cc2ccco2)Cc2ccccc2O)o1. The number of rotatable bonds is 8. The summed E-state index contributed by atoms with van der Waals surface area (Å²) in [6.45, 7) is 3.18. The van der Waals surface area contributed by atoms with Crippen LogP contribution in [0.15, 0.2) is 86.4 Å². The summed E-state index contributed by atoms with van der Waals surface area (Å²) in [6, 6.07) is 20.7. The van der Waals surface area contributed by atoms with Crippen LogP contribution in [0.3, 0.4) is 0 Å². The molecule has 0 bridgehead atoms. The lowest BCUT2D eigenvalue weighted by Gasteiger charge is -2.20. The molecule has 0 aliphatic heterocycles. The van der Waals surface area contributed by atoms with Crippen molar-refractivity contribution in [2.24, 2.45) is 0 Å². The third kappa shape index (κ3) is 4.56. The first kappa shape index (κ1) is 20.7. The third-order valence-corrected chi connectivity index (χ3v) is 5.29. The molecule has 8 nitrogen and oxygen atoms in total. The van der Waals surface area contributed by atoms with E-state index in [1.807, 2.05) is 61.5 Å². The topological polar surface area (TPSA) is 102 Å². The third-order valence-electron chi connectivity index (χ3n) is 5.29.